The van der Waals surface area contributed by atoms with Crippen LogP contribution in [0, 0.1) is 5.92 Å². The first-order valence-electron chi connectivity index (χ1n) is 14.7. The lowest BCUT2D eigenvalue weighted by Gasteiger charge is -2.36. The molecule has 3 fully saturated rings. The molecule has 0 bridgehead atoms. The first kappa shape index (κ1) is 33.9. The standard InChI is InChI=1S/C24H32N10O10P2S2/c1-3-10-16-24(4-2,42-21(10)34-9-30-13-19(34)31-23(26)32-20(13)36)6-40-46(38,48)43-15-11(5-39-45(37,47)44-16)41-22(14(15)35)33-8-29-12-17(25)27-7-28-18(12)33/h7-11,14-16,21-22,35H,3-6H2,1-2H3,(H,37,47)(H,38,48)(H2,25,27,28)(H3,26,31,32,36)/t10-,11-,14-,15-,16+,21-,22-,24-,45-,46-/m1/s1. The van der Waals surface area contributed by atoms with Crippen LogP contribution >= 0.6 is 38.1 Å². The summed E-state index contributed by atoms with van der Waals surface area (Å²) in [6.45, 7) is -5.81. The average molecular weight is 747 g/mol. The van der Waals surface area contributed by atoms with Gasteiger partial charge in [-0.15, -0.1) is 0 Å². The molecule has 6 N–H and O–H groups in total. The third-order valence-electron chi connectivity index (χ3n) is 8.77. The van der Waals surface area contributed by atoms with Crippen molar-refractivity contribution >= 4 is 72.2 Å². The third-order valence-corrected chi connectivity index (χ3v) is 12.0. The molecule has 4 aromatic heterocycles. The van der Waals surface area contributed by atoms with Gasteiger partial charge in [0.1, 0.15) is 48.1 Å². The number of thiol groups is 2. The van der Waals surface area contributed by atoms with Crippen molar-refractivity contribution in [3.05, 3.63) is 29.3 Å². The number of rotatable bonds is 4. The van der Waals surface area contributed by atoms with Crippen LogP contribution in [-0.4, -0.2) is 87.4 Å². The number of hydrogen-bond donors (Lipinski definition) is 6. The monoisotopic (exact) mass is 746 g/mol. The lowest BCUT2D eigenvalue weighted by atomic mass is 9.87. The van der Waals surface area contributed by atoms with Gasteiger partial charge in [-0.1, -0.05) is 38.3 Å². The molecular formula is C24H32N10O10P2S2. The van der Waals surface area contributed by atoms with E-state index in [2.05, 4.69) is 54.4 Å². The number of imidazole rings is 2. The second-order valence-corrected chi connectivity index (χ2v) is 17.3. The van der Waals surface area contributed by atoms with Crippen LogP contribution in [0.25, 0.3) is 22.3 Å². The normalized spacial score (nSPS) is 37.6. The fourth-order valence-corrected chi connectivity index (χ4v) is 9.45. The van der Waals surface area contributed by atoms with Crippen LogP contribution in [0.3, 0.4) is 0 Å². The van der Waals surface area contributed by atoms with Gasteiger partial charge in [0.15, 0.2) is 28.9 Å². The molecule has 0 spiro atoms. The zero-order valence-corrected chi connectivity index (χ0v) is 28.9. The Labute approximate surface area is 281 Å². The number of aliphatic hydroxyl groups is 1. The number of nitrogens with zero attached hydrogens (tertiary/aromatic N) is 7. The molecule has 260 valence electrons. The zero-order chi connectivity index (χ0) is 34.2. The number of nitrogens with two attached hydrogens (primary N) is 2. The third kappa shape index (κ3) is 5.75. The number of fused-ring (bicyclic) bond motifs is 4. The molecular weight excluding hydrogens is 714 g/mol. The maximum Gasteiger partial charge on any atom is 0.386 e. The molecule has 20 nitrogen and oxygen atoms in total. The summed E-state index contributed by atoms with van der Waals surface area (Å²) in [5, 5.41) is 11.4. The van der Waals surface area contributed by atoms with Crippen LogP contribution in [-0.2, 0) is 36.7 Å². The fourth-order valence-electron chi connectivity index (χ4n) is 6.41. The van der Waals surface area contributed by atoms with E-state index in [1.807, 2.05) is 6.92 Å². The highest BCUT2D eigenvalue weighted by Crippen LogP contribution is 2.63. The van der Waals surface area contributed by atoms with Crippen LogP contribution in [0.2, 0.25) is 0 Å². The molecule has 7 rings (SSSR count). The van der Waals surface area contributed by atoms with Crippen LogP contribution < -0.4 is 17.0 Å². The first-order valence-corrected chi connectivity index (χ1v) is 20.1. The van der Waals surface area contributed by atoms with Crippen molar-refractivity contribution in [3.8, 4) is 0 Å². The molecule has 3 aliphatic heterocycles. The molecule has 24 heteroatoms. The van der Waals surface area contributed by atoms with Crippen molar-refractivity contribution in [1.29, 1.82) is 0 Å². The summed E-state index contributed by atoms with van der Waals surface area (Å²) in [4.78, 5) is 35.6. The van der Waals surface area contributed by atoms with Crippen molar-refractivity contribution in [2.24, 2.45) is 5.92 Å². The second kappa shape index (κ2) is 12.3. The molecule has 3 aliphatic rings. The number of H-pyrrole nitrogens is 1. The Morgan fingerprint density at radius 2 is 1.73 bits per heavy atom. The predicted octanol–water partition coefficient (Wildman–Crippen LogP) is 1.98. The van der Waals surface area contributed by atoms with Crippen molar-refractivity contribution in [2.45, 2.75) is 69.2 Å². The molecule has 0 radical (unpaired) electrons. The van der Waals surface area contributed by atoms with E-state index in [4.69, 9.17) is 39.0 Å². The fraction of sp³-hybridized carbons (Fsp3) is 0.583. The highest BCUT2D eigenvalue weighted by Gasteiger charge is 2.59. The highest BCUT2D eigenvalue weighted by atomic mass is 32.7. The van der Waals surface area contributed by atoms with Crippen molar-refractivity contribution in [2.75, 3.05) is 24.7 Å². The number of nitrogens with one attached hydrogen (secondary N) is 1. The van der Waals surface area contributed by atoms with Gasteiger partial charge in [-0.2, -0.15) is 4.98 Å². The molecule has 4 aromatic rings. The molecule has 10 atom stereocenters. The number of anilines is 2. The van der Waals surface area contributed by atoms with Crippen molar-refractivity contribution in [3.63, 3.8) is 0 Å². The van der Waals surface area contributed by atoms with E-state index in [0.717, 1.165) is 0 Å². The van der Waals surface area contributed by atoms with Gasteiger partial charge >= 0.3 is 13.6 Å². The largest absolute Gasteiger partial charge is 0.386 e. The van der Waals surface area contributed by atoms with Gasteiger partial charge in [-0.25, -0.2) is 29.1 Å². The van der Waals surface area contributed by atoms with E-state index in [1.165, 1.54) is 28.1 Å². The second-order valence-electron chi connectivity index (χ2n) is 11.5. The molecule has 0 unspecified atom stereocenters. The van der Waals surface area contributed by atoms with Gasteiger partial charge in [0.2, 0.25) is 5.95 Å². The number of aromatic nitrogens is 8. The zero-order valence-electron chi connectivity index (χ0n) is 25.3. The summed E-state index contributed by atoms with van der Waals surface area (Å²) < 4.78 is 66.9. The summed E-state index contributed by atoms with van der Waals surface area (Å²) in [5.74, 6) is -0.598. The maximum atomic E-state index is 13.9. The van der Waals surface area contributed by atoms with Gasteiger partial charge in [0.05, 0.1) is 25.9 Å². The molecule has 3 saturated heterocycles. The topological polar surface area (TPSA) is 269 Å². The number of aliphatic hydroxyl groups excluding tert-OH is 1. The predicted molar refractivity (Wildman–Crippen MR) is 174 cm³/mol. The van der Waals surface area contributed by atoms with Crippen LogP contribution in [0.15, 0.2) is 23.8 Å². The number of aromatic amines is 1. The number of nitrogen functional groups attached to an aromatic ring is 2. The molecule has 0 aromatic carbocycles. The first-order chi connectivity index (χ1) is 22.8. The summed E-state index contributed by atoms with van der Waals surface area (Å²) >= 11 is 8.50. The number of ether oxygens (including phenoxy) is 2. The van der Waals surface area contributed by atoms with Gasteiger partial charge in [-0.05, 0) is 12.8 Å². The van der Waals surface area contributed by atoms with Crippen LogP contribution in [0.4, 0.5) is 11.8 Å². The Bertz CT molecular complexity index is 2030. The van der Waals surface area contributed by atoms with Gasteiger partial charge in [0.25, 0.3) is 5.56 Å². The molecule has 48 heavy (non-hydrogen) atoms. The minimum atomic E-state index is -4.29. The van der Waals surface area contributed by atoms with Gasteiger partial charge in [-0.3, -0.25) is 37.0 Å². The van der Waals surface area contributed by atoms with E-state index in [1.54, 1.807) is 6.92 Å². The Morgan fingerprint density at radius 1 is 1.02 bits per heavy atom. The van der Waals surface area contributed by atoms with E-state index < -0.39 is 80.8 Å². The van der Waals surface area contributed by atoms with E-state index >= 15 is 0 Å². The van der Waals surface area contributed by atoms with E-state index in [9.17, 15) is 19.0 Å². The minimum Gasteiger partial charge on any atom is -0.386 e. The summed E-state index contributed by atoms with van der Waals surface area (Å²) in [6, 6.07) is 0. The molecule has 0 aliphatic carbocycles. The summed E-state index contributed by atoms with van der Waals surface area (Å²) in [5.41, 5.74) is 10.4. The quantitative estimate of drug-likeness (QED) is 0.129. The Kier molecular flexibility index (Phi) is 8.68. The van der Waals surface area contributed by atoms with Crippen molar-refractivity contribution in [1.82, 2.24) is 39.0 Å². The average Bonchev–Trinajstić information content (AvgIpc) is 3.79. The summed E-state index contributed by atoms with van der Waals surface area (Å²) in [6.07, 6.45) is -2.63. The molecule has 0 amide bonds. The smallest absolute Gasteiger partial charge is 0.386 e. The van der Waals surface area contributed by atoms with Crippen LogP contribution in [0.1, 0.15) is 39.1 Å². The molecule has 0 saturated carbocycles. The minimum absolute atomic E-state index is 0.0238. The highest BCUT2D eigenvalue weighted by molar-refractivity contribution is 8.44. The van der Waals surface area contributed by atoms with Crippen molar-refractivity contribution < 1.29 is 41.8 Å². The number of hydrogen-bond acceptors (Lipinski definition) is 17. The summed E-state index contributed by atoms with van der Waals surface area (Å²) in [7, 11) is 0. The Morgan fingerprint density at radius 3 is 2.46 bits per heavy atom. The SMILES string of the molecule is CC[C@H]1[C@H](n2cnc3c(=O)[nH]c(N)nc32)O[C@]2(CC)CO[P@@](=O)(S)O[C@H]3[C@@H](O)[C@H](n4cnc5c(N)ncnc54)O[C@@H]3CO[P@@](=O)(S)O[C@@H]12. The van der Waals surface area contributed by atoms with Crippen LogP contribution in [0.5, 0.6) is 0 Å². The Balaban J connectivity index is 1.23. The molecule has 7 heterocycles. The van der Waals surface area contributed by atoms with E-state index in [0.29, 0.717) is 6.42 Å². The van der Waals surface area contributed by atoms with Gasteiger partial charge in [0, 0.05) is 5.92 Å². The lowest BCUT2D eigenvalue weighted by Crippen LogP contribution is -2.46. The lowest BCUT2D eigenvalue weighted by molar-refractivity contribution is -0.124. The Hall–Kier alpha value is -2.62. The maximum absolute atomic E-state index is 13.9. The van der Waals surface area contributed by atoms with Gasteiger partial charge < -0.3 is 26.0 Å². The van der Waals surface area contributed by atoms with E-state index in [-0.39, 0.29) is 40.5 Å².